The Morgan fingerprint density at radius 3 is 2.37 bits per heavy atom. The van der Waals surface area contributed by atoms with E-state index >= 15 is 8.78 Å². The van der Waals surface area contributed by atoms with Gasteiger partial charge in [0.15, 0.2) is 17.1 Å². The van der Waals surface area contributed by atoms with Crippen molar-refractivity contribution in [3.63, 3.8) is 0 Å². The Morgan fingerprint density at radius 2 is 1.76 bits per heavy atom. The summed E-state index contributed by atoms with van der Waals surface area (Å²) < 4.78 is 58.9. The number of ether oxygens (including phenoxy) is 2. The highest BCUT2D eigenvalue weighted by atomic mass is 32.2. The lowest BCUT2D eigenvalue weighted by Gasteiger charge is -2.63. The highest BCUT2D eigenvalue weighted by Crippen LogP contribution is 2.72. The number of ketones is 1. The Balaban J connectivity index is 1.94. The maximum Gasteiger partial charge on any atom is 0.306 e. The minimum Gasteiger partial charge on any atom is -0.459 e. The van der Waals surface area contributed by atoms with Crippen LogP contribution in [0.2, 0.25) is 0 Å². The molecule has 0 aromatic carbocycles. The molecule has 0 bridgehead atoms. The highest BCUT2D eigenvalue weighted by molar-refractivity contribution is 8.13. The number of fused-ring (bicyclic) bond motifs is 5. The summed E-state index contributed by atoms with van der Waals surface area (Å²) >= 11 is 0.388. The molecule has 0 N–H and O–H groups in total. The lowest BCUT2D eigenvalue weighted by Crippen LogP contribution is -2.71. The molecule has 0 radical (unpaired) electrons. The minimum absolute atomic E-state index is 0.00341. The van der Waals surface area contributed by atoms with E-state index in [1.165, 1.54) is 19.1 Å². The predicted octanol–water partition coefficient (Wildman–Crippen LogP) is 5.39. The lowest BCUT2D eigenvalue weighted by atomic mass is 9.44. The number of hydrogen-bond donors (Lipinski definition) is 0. The second-order valence-corrected chi connectivity index (χ2v) is 12.3. The molecule has 0 amide bonds. The number of allylic oxidation sites excluding steroid dienone is 4. The fourth-order valence-corrected chi connectivity index (χ4v) is 8.75. The van der Waals surface area contributed by atoms with Crippen LogP contribution in [0.25, 0.3) is 0 Å². The third-order valence-corrected chi connectivity index (χ3v) is 10.4. The number of halogens is 3. The lowest BCUT2D eigenvalue weighted by molar-refractivity contribution is -0.237. The van der Waals surface area contributed by atoms with Crippen molar-refractivity contribution < 1.29 is 41.8 Å². The Bertz CT molecular complexity index is 1110. The largest absolute Gasteiger partial charge is 0.459 e. The third kappa shape index (κ3) is 3.75. The number of hydrogen-bond acceptors (Lipinski definition) is 7. The fraction of sp³-hybridized carbons (Fsp3) is 0.714. The maximum atomic E-state index is 18.0. The number of esters is 2. The summed E-state index contributed by atoms with van der Waals surface area (Å²) in [5.41, 5.74) is -6.99. The minimum atomic E-state index is -2.31. The van der Waals surface area contributed by atoms with Crippen LogP contribution in [-0.2, 0) is 28.7 Å². The van der Waals surface area contributed by atoms with Crippen LogP contribution >= 0.6 is 11.8 Å². The maximum absolute atomic E-state index is 18.0. The van der Waals surface area contributed by atoms with Gasteiger partial charge in [0.25, 0.3) is 0 Å². The molecule has 0 saturated heterocycles. The molecule has 6 nitrogen and oxygen atoms in total. The van der Waals surface area contributed by atoms with Gasteiger partial charge in [-0.2, -0.15) is 0 Å². The molecule has 4 aliphatic carbocycles. The van der Waals surface area contributed by atoms with Gasteiger partial charge in [0.1, 0.15) is 18.3 Å². The van der Waals surface area contributed by atoms with E-state index in [4.69, 9.17) is 9.47 Å². The second kappa shape index (κ2) is 9.82. The van der Waals surface area contributed by atoms with Gasteiger partial charge >= 0.3 is 11.9 Å². The van der Waals surface area contributed by atoms with Gasteiger partial charge in [0.2, 0.25) is 5.12 Å². The first-order valence-electron chi connectivity index (χ1n) is 13.2. The quantitative estimate of drug-likeness (QED) is 0.406. The number of rotatable bonds is 6. The van der Waals surface area contributed by atoms with Crippen molar-refractivity contribution in [1.82, 2.24) is 0 Å². The number of thioether (sulfide) groups is 1. The molecule has 5 unspecified atom stereocenters. The molecule has 3 saturated carbocycles. The zero-order chi connectivity index (χ0) is 28.3. The van der Waals surface area contributed by atoms with Crippen LogP contribution in [0.4, 0.5) is 13.2 Å². The van der Waals surface area contributed by atoms with Gasteiger partial charge in [0.05, 0.1) is 0 Å². The smallest absolute Gasteiger partial charge is 0.306 e. The molecule has 10 heteroatoms. The average molecular weight is 557 g/mol. The van der Waals surface area contributed by atoms with E-state index in [-0.39, 0.29) is 37.7 Å². The van der Waals surface area contributed by atoms with Crippen LogP contribution in [0.1, 0.15) is 66.7 Å². The van der Waals surface area contributed by atoms with E-state index in [0.717, 1.165) is 6.08 Å². The van der Waals surface area contributed by atoms with Gasteiger partial charge in [-0.05, 0) is 61.6 Å². The van der Waals surface area contributed by atoms with Gasteiger partial charge in [-0.15, -0.1) is 0 Å². The highest BCUT2D eigenvalue weighted by Gasteiger charge is 2.79. The molecular formula is C28H35F3O6S. The SMILES string of the molecule is CCC(=O)OC1C[C@@]2(C)C(CC(C)[C@]2(OC(=O)CC)C(=O)SCF)C2CC(F)C3=CC(=O)C=C[C@]3(C)[C@@]12F. The van der Waals surface area contributed by atoms with E-state index in [9.17, 15) is 23.6 Å². The number of carbonyl (C=O) groups excluding carboxylic acids is 4. The normalized spacial score (nSPS) is 43.4. The van der Waals surface area contributed by atoms with Crippen LogP contribution in [-0.4, -0.2) is 52.4 Å². The summed E-state index contributed by atoms with van der Waals surface area (Å²) in [5.74, 6) is -4.11. The molecule has 0 aliphatic heterocycles. The van der Waals surface area contributed by atoms with Crippen molar-refractivity contribution in [3.8, 4) is 0 Å². The Kier molecular flexibility index (Phi) is 7.47. The predicted molar refractivity (Wildman–Crippen MR) is 135 cm³/mol. The van der Waals surface area contributed by atoms with E-state index < -0.39 is 81.0 Å². The van der Waals surface area contributed by atoms with Crippen LogP contribution in [0.3, 0.4) is 0 Å². The second-order valence-electron chi connectivity index (χ2n) is 11.4. The summed E-state index contributed by atoms with van der Waals surface area (Å²) in [6.07, 6.45) is 0.268. The molecule has 4 rings (SSSR count). The molecule has 0 aromatic heterocycles. The Labute approximate surface area is 225 Å². The van der Waals surface area contributed by atoms with Crippen LogP contribution in [0.15, 0.2) is 23.8 Å². The van der Waals surface area contributed by atoms with Crippen molar-refractivity contribution in [2.24, 2.45) is 28.6 Å². The number of alkyl halides is 3. The van der Waals surface area contributed by atoms with Gasteiger partial charge in [-0.3, -0.25) is 19.2 Å². The summed E-state index contributed by atoms with van der Waals surface area (Å²) in [7, 11) is 0. The molecule has 4 aliphatic rings. The summed E-state index contributed by atoms with van der Waals surface area (Å²) in [4.78, 5) is 51.0. The monoisotopic (exact) mass is 556 g/mol. The van der Waals surface area contributed by atoms with Crippen LogP contribution < -0.4 is 0 Å². The van der Waals surface area contributed by atoms with Gasteiger partial charge < -0.3 is 9.47 Å². The molecule has 210 valence electrons. The van der Waals surface area contributed by atoms with Crippen LogP contribution in [0.5, 0.6) is 0 Å². The van der Waals surface area contributed by atoms with Crippen molar-refractivity contribution in [2.75, 3.05) is 6.01 Å². The van der Waals surface area contributed by atoms with Crippen molar-refractivity contribution in [2.45, 2.75) is 90.3 Å². The summed E-state index contributed by atoms with van der Waals surface area (Å²) in [6.45, 7) is 8.05. The third-order valence-electron chi connectivity index (χ3n) is 9.76. The fourth-order valence-electron chi connectivity index (χ4n) is 7.96. The van der Waals surface area contributed by atoms with Gasteiger partial charge in [-0.25, -0.2) is 13.2 Å². The molecule has 0 aromatic rings. The Morgan fingerprint density at radius 1 is 1.11 bits per heavy atom. The van der Waals surface area contributed by atoms with Crippen molar-refractivity contribution >= 4 is 34.6 Å². The molecule has 0 spiro atoms. The van der Waals surface area contributed by atoms with E-state index in [1.54, 1.807) is 27.7 Å². The Hall–Kier alpha value is -2.10. The van der Waals surface area contributed by atoms with Gasteiger partial charge in [0, 0.05) is 35.5 Å². The van der Waals surface area contributed by atoms with Crippen molar-refractivity contribution in [1.29, 1.82) is 0 Å². The van der Waals surface area contributed by atoms with Gasteiger partial charge in [-0.1, -0.05) is 33.8 Å². The topological polar surface area (TPSA) is 86.7 Å². The average Bonchev–Trinajstić information content (AvgIpc) is 3.09. The molecule has 9 atom stereocenters. The first kappa shape index (κ1) is 28.9. The zero-order valence-corrected chi connectivity index (χ0v) is 23.2. The molecule has 38 heavy (non-hydrogen) atoms. The number of carbonyl (C=O) groups is 4. The zero-order valence-electron chi connectivity index (χ0n) is 22.4. The molecule has 3 fully saturated rings. The first-order chi connectivity index (χ1) is 17.8. The van der Waals surface area contributed by atoms with E-state index in [0.29, 0.717) is 11.8 Å². The standard InChI is InChI=1S/C28H35F3O6S/c1-6-22(33)36-21-13-26(5)17(10-15(3)28(26,24(35)38-14-29)37-23(34)7-2)18-12-20(30)19-11-16(32)8-9-25(19,4)27(18,21)31/h8-9,11,15,17-18,20-21H,6-7,10,12-14H2,1-5H3/t15?,17?,18?,20?,21?,25-,26-,27-,28-/m0/s1. The summed E-state index contributed by atoms with van der Waals surface area (Å²) in [6, 6.07) is -1.04. The van der Waals surface area contributed by atoms with Crippen LogP contribution in [0, 0.1) is 28.6 Å². The molecule has 0 heterocycles. The van der Waals surface area contributed by atoms with E-state index in [2.05, 4.69) is 0 Å². The van der Waals surface area contributed by atoms with E-state index in [1.807, 2.05) is 0 Å². The summed E-state index contributed by atoms with van der Waals surface area (Å²) in [5, 5.41) is -0.686. The molecular weight excluding hydrogens is 521 g/mol. The van der Waals surface area contributed by atoms with Crippen molar-refractivity contribution in [3.05, 3.63) is 23.8 Å². The first-order valence-corrected chi connectivity index (χ1v) is 14.2.